The number of fused-ring (bicyclic) bond motifs is 8. The number of ether oxygens (including phenoxy) is 5. The molecular formula is C29H40O7. The lowest BCUT2D eigenvalue weighted by molar-refractivity contribution is -0.385. The summed E-state index contributed by atoms with van der Waals surface area (Å²) in [6, 6.07) is 0. The van der Waals surface area contributed by atoms with E-state index in [1.807, 2.05) is 13.0 Å². The van der Waals surface area contributed by atoms with Gasteiger partial charge in [0.2, 0.25) is 0 Å². The fraction of sp³-hybridized carbons (Fsp3) is 0.862. The maximum absolute atomic E-state index is 14.0. The highest BCUT2D eigenvalue weighted by Crippen LogP contribution is 2.67. The number of hydrogen-bond donors (Lipinski definition) is 0. The van der Waals surface area contributed by atoms with Gasteiger partial charge in [-0.15, -0.1) is 0 Å². The van der Waals surface area contributed by atoms with Gasteiger partial charge in [0.15, 0.2) is 5.78 Å². The smallest absolute Gasteiger partial charge is 0.306 e. The first-order valence-corrected chi connectivity index (χ1v) is 14.0. The van der Waals surface area contributed by atoms with Crippen molar-refractivity contribution in [3.8, 4) is 0 Å². The SMILES string of the molecule is C[C@@H]([C@H]1CC[C@@H]2[C@@H]3C(=CC(=O)[C@]12C)[C@H](C)[C@]1(CCC(=O)O1)[C@H]1O[C@@H]31)[C@H]1C[C@@]2(C)O[C@@](C)(O1)OC2(C)C. The van der Waals surface area contributed by atoms with Gasteiger partial charge in [-0.05, 0) is 57.4 Å². The number of esters is 1. The van der Waals surface area contributed by atoms with Crippen molar-refractivity contribution in [1.29, 1.82) is 0 Å². The summed E-state index contributed by atoms with van der Waals surface area (Å²) in [7, 11) is 0. The van der Waals surface area contributed by atoms with Gasteiger partial charge in [-0.1, -0.05) is 26.3 Å². The molecule has 12 atom stereocenters. The topological polar surface area (TPSA) is 83.6 Å². The van der Waals surface area contributed by atoms with Crippen molar-refractivity contribution in [2.75, 3.05) is 0 Å². The first-order valence-electron chi connectivity index (χ1n) is 14.0. The second-order valence-electron chi connectivity index (χ2n) is 13.8. The molecule has 0 radical (unpaired) electrons. The zero-order chi connectivity index (χ0) is 25.6. The summed E-state index contributed by atoms with van der Waals surface area (Å²) >= 11 is 0. The summed E-state index contributed by atoms with van der Waals surface area (Å²) < 4.78 is 31.2. The molecule has 0 aromatic rings. The molecule has 198 valence electrons. The summed E-state index contributed by atoms with van der Waals surface area (Å²) in [4.78, 5) is 26.1. The van der Waals surface area contributed by atoms with Gasteiger partial charge in [-0.3, -0.25) is 9.59 Å². The summed E-state index contributed by atoms with van der Waals surface area (Å²) in [6.07, 6.45) is 5.75. The quantitative estimate of drug-likeness (QED) is 0.412. The third-order valence-corrected chi connectivity index (χ3v) is 11.9. The third-order valence-electron chi connectivity index (χ3n) is 11.9. The van der Waals surface area contributed by atoms with Crippen LogP contribution < -0.4 is 0 Å². The largest absolute Gasteiger partial charge is 0.456 e. The number of allylic oxidation sites excluding steroid dienone is 1. The molecule has 1 spiro atoms. The minimum Gasteiger partial charge on any atom is -0.456 e. The molecule has 4 aliphatic heterocycles. The van der Waals surface area contributed by atoms with Gasteiger partial charge in [0.1, 0.15) is 17.3 Å². The van der Waals surface area contributed by atoms with Gasteiger partial charge < -0.3 is 23.7 Å². The van der Waals surface area contributed by atoms with Crippen LogP contribution in [0.25, 0.3) is 0 Å². The fourth-order valence-corrected chi connectivity index (χ4v) is 9.58. The van der Waals surface area contributed by atoms with Crippen LogP contribution in [0, 0.1) is 35.0 Å². The van der Waals surface area contributed by atoms with E-state index < -0.39 is 28.2 Å². The Morgan fingerprint density at radius 2 is 1.81 bits per heavy atom. The first kappa shape index (κ1) is 23.8. The molecule has 0 N–H and O–H groups in total. The highest BCUT2D eigenvalue weighted by atomic mass is 16.9. The summed E-state index contributed by atoms with van der Waals surface area (Å²) in [5.74, 6) is -0.121. The molecule has 0 aromatic carbocycles. The van der Waals surface area contributed by atoms with E-state index in [0.29, 0.717) is 12.8 Å². The Labute approximate surface area is 213 Å². The third kappa shape index (κ3) is 2.73. The lowest BCUT2D eigenvalue weighted by atomic mass is 9.53. The Morgan fingerprint density at radius 3 is 2.47 bits per heavy atom. The van der Waals surface area contributed by atoms with Crippen molar-refractivity contribution in [3.63, 3.8) is 0 Å². The van der Waals surface area contributed by atoms with Gasteiger partial charge in [0.05, 0.1) is 17.8 Å². The van der Waals surface area contributed by atoms with Crippen LogP contribution in [0.4, 0.5) is 0 Å². The van der Waals surface area contributed by atoms with Crippen LogP contribution in [-0.4, -0.2) is 52.8 Å². The highest BCUT2D eigenvalue weighted by molar-refractivity contribution is 5.97. The maximum Gasteiger partial charge on any atom is 0.306 e. The molecule has 7 aliphatic rings. The van der Waals surface area contributed by atoms with Crippen molar-refractivity contribution in [3.05, 3.63) is 11.6 Å². The molecule has 6 fully saturated rings. The monoisotopic (exact) mass is 500 g/mol. The number of hydrogen-bond acceptors (Lipinski definition) is 7. The van der Waals surface area contributed by atoms with Gasteiger partial charge in [0.25, 0.3) is 5.97 Å². The Bertz CT molecular complexity index is 1080. The van der Waals surface area contributed by atoms with Crippen LogP contribution >= 0.6 is 0 Å². The molecule has 0 aromatic heterocycles. The Kier molecular flexibility index (Phi) is 4.51. The molecule has 0 amide bonds. The van der Waals surface area contributed by atoms with Crippen LogP contribution in [-0.2, 0) is 33.3 Å². The molecule has 7 heteroatoms. The van der Waals surface area contributed by atoms with Crippen molar-refractivity contribution in [1.82, 2.24) is 0 Å². The van der Waals surface area contributed by atoms with Gasteiger partial charge >= 0.3 is 5.97 Å². The van der Waals surface area contributed by atoms with Crippen LogP contribution in [0.3, 0.4) is 0 Å². The van der Waals surface area contributed by atoms with E-state index in [4.69, 9.17) is 23.7 Å². The highest BCUT2D eigenvalue weighted by Gasteiger charge is 2.74. The minimum absolute atomic E-state index is 0.0106. The number of epoxide rings is 1. The lowest BCUT2D eigenvalue weighted by Crippen LogP contribution is -2.57. The molecule has 0 unspecified atom stereocenters. The van der Waals surface area contributed by atoms with Crippen molar-refractivity contribution < 1.29 is 33.3 Å². The van der Waals surface area contributed by atoms with E-state index in [1.165, 1.54) is 0 Å². The predicted octanol–water partition coefficient (Wildman–Crippen LogP) is 4.32. The average Bonchev–Trinajstić information content (AvgIpc) is 3.32. The summed E-state index contributed by atoms with van der Waals surface area (Å²) in [5, 5.41) is 0. The Hall–Kier alpha value is -1.28. The molecule has 3 aliphatic carbocycles. The normalized spacial score (nSPS) is 57.1. The fourth-order valence-electron chi connectivity index (χ4n) is 9.58. The zero-order valence-electron chi connectivity index (χ0n) is 22.6. The lowest BCUT2D eigenvalue weighted by Gasteiger charge is -2.51. The van der Waals surface area contributed by atoms with E-state index in [0.717, 1.165) is 24.8 Å². The van der Waals surface area contributed by atoms with E-state index in [-0.39, 0.29) is 59.7 Å². The molecular weight excluding hydrogens is 460 g/mol. The zero-order valence-corrected chi connectivity index (χ0v) is 22.6. The van der Waals surface area contributed by atoms with Crippen LogP contribution in [0.1, 0.15) is 80.6 Å². The number of rotatable bonds is 2. The molecule has 2 saturated carbocycles. The molecule has 4 heterocycles. The molecule has 7 rings (SSSR count). The maximum atomic E-state index is 14.0. The molecule has 2 bridgehead atoms. The number of carbonyl (C=O) groups is 2. The average molecular weight is 501 g/mol. The van der Waals surface area contributed by atoms with Crippen molar-refractivity contribution >= 4 is 11.8 Å². The summed E-state index contributed by atoms with van der Waals surface area (Å²) in [6.45, 7) is 14.7. The standard InChI is InChI=1S/C29H40O7/c1-14(19-13-26(5)25(3,4)35-28(7,33-19)36-26)17-8-9-18-22-16(12-20(30)27(17,18)6)15(2)29(24-23(22)32-24)11-10-21(31)34-29/h12,14-15,17-19,22-24H,8-11,13H2,1-7H3/t14-,15-,17+,18+,19+,22-,23-,24-,26+,27+,28-,29+/m0/s1. The number of carbonyl (C=O) groups excluding carboxylic acids is 2. The predicted molar refractivity (Wildman–Crippen MR) is 128 cm³/mol. The van der Waals surface area contributed by atoms with Gasteiger partial charge in [-0.2, -0.15) is 0 Å². The minimum atomic E-state index is -1.06. The van der Waals surface area contributed by atoms with E-state index in [9.17, 15) is 9.59 Å². The van der Waals surface area contributed by atoms with E-state index in [1.54, 1.807) is 0 Å². The van der Waals surface area contributed by atoms with E-state index >= 15 is 0 Å². The van der Waals surface area contributed by atoms with E-state index in [2.05, 4.69) is 41.5 Å². The van der Waals surface area contributed by atoms with Crippen LogP contribution in [0.15, 0.2) is 11.6 Å². The second-order valence-corrected chi connectivity index (χ2v) is 13.8. The van der Waals surface area contributed by atoms with Crippen LogP contribution in [0.2, 0.25) is 0 Å². The summed E-state index contributed by atoms with van der Waals surface area (Å²) in [5.41, 5.74) is -0.787. The molecule has 7 nitrogen and oxygen atoms in total. The number of ketones is 1. The first-order chi connectivity index (χ1) is 16.7. The van der Waals surface area contributed by atoms with Gasteiger partial charge in [-0.25, -0.2) is 0 Å². The Morgan fingerprint density at radius 1 is 1.06 bits per heavy atom. The molecule has 4 saturated heterocycles. The van der Waals surface area contributed by atoms with Gasteiger partial charge in [0, 0.05) is 43.4 Å². The van der Waals surface area contributed by atoms with Crippen molar-refractivity contribution in [2.24, 2.45) is 35.0 Å². The van der Waals surface area contributed by atoms with Crippen molar-refractivity contribution in [2.45, 2.75) is 122 Å². The second kappa shape index (κ2) is 6.83. The Balaban J connectivity index is 1.20. The van der Waals surface area contributed by atoms with Crippen LogP contribution in [0.5, 0.6) is 0 Å². The molecule has 36 heavy (non-hydrogen) atoms.